The maximum atomic E-state index is 11.0. The molecule has 2 rings (SSSR count). The van der Waals surface area contributed by atoms with E-state index in [-0.39, 0.29) is 11.3 Å². The molecular weight excluding hydrogens is 232 g/mol. The molecule has 0 radical (unpaired) electrons. The maximum Gasteiger partial charge on any atom is 0.337 e. The Kier molecular flexibility index (Phi) is 3.23. The molecule has 1 aromatic heterocycles. The van der Waals surface area contributed by atoms with Crippen LogP contribution >= 0.6 is 0 Å². The summed E-state index contributed by atoms with van der Waals surface area (Å²) in [7, 11) is 1.88. The van der Waals surface area contributed by atoms with Crippen LogP contribution in [0.1, 0.15) is 15.9 Å². The number of nitrogen functional groups attached to an aromatic ring is 1. The van der Waals surface area contributed by atoms with Gasteiger partial charge >= 0.3 is 5.97 Å². The molecule has 0 spiro atoms. The summed E-state index contributed by atoms with van der Waals surface area (Å²) < 4.78 is 4.99. The monoisotopic (exact) mass is 246 g/mol. The summed E-state index contributed by atoms with van der Waals surface area (Å²) in [4.78, 5) is 12.9. The minimum atomic E-state index is -1.02. The molecule has 0 aliphatic rings. The number of anilines is 2. The number of furan rings is 1. The second-order valence-electron chi connectivity index (χ2n) is 4.06. The Hall–Kier alpha value is -2.43. The molecule has 1 aromatic carbocycles. The zero-order chi connectivity index (χ0) is 13.1. The standard InChI is InChI=1S/C13H14N2O3/c1-15(7-9-4-5-18-8-9)10-2-3-12(14)11(6-10)13(16)17/h2-6,8H,7,14H2,1H3,(H,16,17). The number of carbonyl (C=O) groups is 1. The number of hydrogen-bond donors (Lipinski definition) is 2. The number of carboxylic acid groups (broad SMARTS) is 1. The molecule has 18 heavy (non-hydrogen) atoms. The Bertz CT molecular complexity index is 549. The van der Waals surface area contributed by atoms with E-state index < -0.39 is 5.97 Å². The third kappa shape index (κ3) is 2.45. The molecule has 0 aliphatic heterocycles. The number of carboxylic acids is 1. The van der Waals surface area contributed by atoms with Gasteiger partial charge in [-0.2, -0.15) is 0 Å². The van der Waals surface area contributed by atoms with Gasteiger partial charge in [-0.25, -0.2) is 4.79 Å². The van der Waals surface area contributed by atoms with Crippen molar-refractivity contribution in [2.45, 2.75) is 6.54 Å². The van der Waals surface area contributed by atoms with Crippen LogP contribution in [-0.4, -0.2) is 18.1 Å². The first-order valence-electron chi connectivity index (χ1n) is 5.43. The lowest BCUT2D eigenvalue weighted by molar-refractivity contribution is 0.0698. The normalized spacial score (nSPS) is 10.3. The van der Waals surface area contributed by atoms with Crippen LogP contribution in [0.15, 0.2) is 41.2 Å². The first kappa shape index (κ1) is 12.0. The van der Waals surface area contributed by atoms with Crippen LogP contribution in [0.25, 0.3) is 0 Å². The first-order chi connectivity index (χ1) is 8.58. The van der Waals surface area contributed by atoms with E-state index in [4.69, 9.17) is 15.3 Å². The summed E-state index contributed by atoms with van der Waals surface area (Å²) in [5, 5.41) is 9.02. The second kappa shape index (κ2) is 4.83. The van der Waals surface area contributed by atoms with Gasteiger partial charge < -0.3 is 20.2 Å². The summed E-state index contributed by atoms with van der Waals surface area (Å²) in [6.45, 7) is 0.638. The van der Waals surface area contributed by atoms with E-state index >= 15 is 0 Å². The van der Waals surface area contributed by atoms with Crippen molar-refractivity contribution in [3.8, 4) is 0 Å². The SMILES string of the molecule is CN(Cc1ccoc1)c1ccc(N)c(C(=O)O)c1. The fourth-order valence-corrected chi connectivity index (χ4v) is 1.71. The van der Waals surface area contributed by atoms with Gasteiger partial charge in [0.15, 0.2) is 0 Å². The van der Waals surface area contributed by atoms with Gasteiger partial charge in [0.1, 0.15) is 0 Å². The summed E-state index contributed by atoms with van der Waals surface area (Å²) in [6, 6.07) is 6.83. The van der Waals surface area contributed by atoms with Gasteiger partial charge in [-0.1, -0.05) is 0 Å². The van der Waals surface area contributed by atoms with Gasteiger partial charge in [-0.3, -0.25) is 0 Å². The quantitative estimate of drug-likeness (QED) is 0.808. The highest BCUT2D eigenvalue weighted by Gasteiger charge is 2.11. The van der Waals surface area contributed by atoms with Crippen molar-refractivity contribution in [3.05, 3.63) is 47.9 Å². The summed E-state index contributed by atoms with van der Waals surface area (Å²) in [5.74, 6) is -1.02. The minimum absolute atomic E-state index is 0.117. The number of benzene rings is 1. The number of nitrogens with zero attached hydrogens (tertiary/aromatic N) is 1. The minimum Gasteiger partial charge on any atom is -0.478 e. The molecule has 0 fully saturated rings. The predicted octanol–water partition coefficient (Wildman–Crippen LogP) is 2.20. The summed E-state index contributed by atoms with van der Waals surface area (Å²) in [6.07, 6.45) is 3.26. The number of rotatable bonds is 4. The zero-order valence-electron chi connectivity index (χ0n) is 9.96. The third-order valence-electron chi connectivity index (χ3n) is 2.71. The van der Waals surface area contributed by atoms with Crippen LogP contribution in [-0.2, 0) is 6.54 Å². The van der Waals surface area contributed by atoms with Crippen LogP contribution in [0.4, 0.5) is 11.4 Å². The number of hydrogen-bond acceptors (Lipinski definition) is 4. The van der Waals surface area contributed by atoms with E-state index in [2.05, 4.69) is 0 Å². The highest BCUT2D eigenvalue weighted by Crippen LogP contribution is 2.22. The molecule has 3 N–H and O–H groups in total. The highest BCUT2D eigenvalue weighted by molar-refractivity contribution is 5.94. The van der Waals surface area contributed by atoms with Gasteiger partial charge in [-0.05, 0) is 24.3 Å². The van der Waals surface area contributed by atoms with Crippen molar-refractivity contribution < 1.29 is 14.3 Å². The Morgan fingerprint density at radius 2 is 2.22 bits per heavy atom. The molecule has 0 atom stereocenters. The first-order valence-corrected chi connectivity index (χ1v) is 5.43. The molecule has 0 saturated heterocycles. The number of nitrogens with two attached hydrogens (primary N) is 1. The second-order valence-corrected chi connectivity index (χ2v) is 4.06. The van der Waals surface area contributed by atoms with Gasteiger partial charge in [0.2, 0.25) is 0 Å². The summed E-state index contributed by atoms with van der Waals surface area (Å²) >= 11 is 0. The topological polar surface area (TPSA) is 79.7 Å². The molecule has 5 heteroatoms. The largest absolute Gasteiger partial charge is 0.478 e. The van der Waals surface area contributed by atoms with Gasteiger partial charge in [0.25, 0.3) is 0 Å². The van der Waals surface area contributed by atoms with Crippen LogP contribution in [0.3, 0.4) is 0 Å². The van der Waals surface area contributed by atoms with Gasteiger partial charge in [0.05, 0.1) is 18.1 Å². The Balaban J connectivity index is 2.22. The van der Waals surface area contributed by atoms with Crippen LogP contribution in [0, 0.1) is 0 Å². The maximum absolute atomic E-state index is 11.0. The molecule has 1 heterocycles. The van der Waals surface area contributed by atoms with E-state index in [0.29, 0.717) is 6.54 Å². The van der Waals surface area contributed by atoms with E-state index in [1.54, 1.807) is 30.7 Å². The fourth-order valence-electron chi connectivity index (χ4n) is 1.71. The Labute approximate surface area is 104 Å². The lowest BCUT2D eigenvalue weighted by atomic mass is 10.1. The van der Waals surface area contributed by atoms with Crippen molar-refractivity contribution >= 4 is 17.3 Å². The van der Waals surface area contributed by atoms with Crippen molar-refractivity contribution in [2.24, 2.45) is 0 Å². The van der Waals surface area contributed by atoms with Crippen molar-refractivity contribution in [1.29, 1.82) is 0 Å². The molecule has 0 aliphatic carbocycles. The molecule has 5 nitrogen and oxygen atoms in total. The zero-order valence-corrected chi connectivity index (χ0v) is 9.96. The van der Waals surface area contributed by atoms with Crippen LogP contribution < -0.4 is 10.6 Å². The van der Waals surface area contributed by atoms with E-state index in [9.17, 15) is 4.79 Å². The molecular formula is C13H14N2O3. The van der Waals surface area contributed by atoms with E-state index in [0.717, 1.165) is 11.3 Å². The van der Waals surface area contributed by atoms with E-state index in [1.807, 2.05) is 18.0 Å². The predicted molar refractivity (Wildman–Crippen MR) is 68.6 cm³/mol. The van der Waals surface area contributed by atoms with Crippen LogP contribution in [0.2, 0.25) is 0 Å². The average molecular weight is 246 g/mol. The van der Waals surface area contributed by atoms with Crippen molar-refractivity contribution in [1.82, 2.24) is 0 Å². The number of aromatic carboxylic acids is 1. The van der Waals surface area contributed by atoms with E-state index in [1.165, 1.54) is 0 Å². The lowest BCUT2D eigenvalue weighted by Crippen LogP contribution is -2.16. The average Bonchev–Trinajstić information content (AvgIpc) is 2.81. The molecule has 0 amide bonds. The lowest BCUT2D eigenvalue weighted by Gasteiger charge is -2.19. The molecule has 0 bridgehead atoms. The van der Waals surface area contributed by atoms with Crippen LogP contribution in [0.5, 0.6) is 0 Å². The Morgan fingerprint density at radius 1 is 1.44 bits per heavy atom. The molecule has 2 aromatic rings. The van der Waals surface area contributed by atoms with Gasteiger partial charge in [0, 0.05) is 30.5 Å². The Morgan fingerprint density at radius 3 is 2.83 bits per heavy atom. The molecule has 0 saturated carbocycles. The third-order valence-corrected chi connectivity index (χ3v) is 2.71. The molecule has 94 valence electrons. The van der Waals surface area contributed by atoms with Gasteiger partial charge in [-0.15, -0.1) is 0 Å². The highest BCUT2D eigenvalue weighted by atomic mass is 16.4. The smallest absolute Gasteiger partial charge is 0.337 e. The fraction of sp³-hybridized carbons (Fsp3) is 0.154. The summed E-state index contributed by atoms with van der Waals surface area (Å²) in [5.41, 5.74) is 7.81. The van der Waals surface area contributed by atoms with Crippen molar-refractivity contribution in [2.75, 3.05) is 17.7 Å². The van der Waals surface area contributed by atoms with Crippen molar-refractivity contribution in [3.63, 3.8) is 0 Å². The molecule has 0 unspecified atom stereocenters.